The van der Waals surface area contributed by atoms with E-state index in [0.717, 1.165) is 11.3 Å². The third-order valence-corrected chi connectivity index (χ3v) is 2.99. The summed E-state index contributed by atoms with van der Waals surface area (Å²) in [5.41, 5.74) is 0.885. The van der Waals surface area contributed by atoms with Crippen molar-refractivity contribution in [1.29, 1.82) is 0 Å². The zero-order valence-electron chi connectivity index (χ0n) is 11.8. The van der Waals surface area contributed by atoms with Crippen molar-refractivity contribution in [2.45, 2.75) is 19.6 Å². The van der Waals surface area contributed by atoms with Crippen LogP contribution in [0.25, 0.3) is 0 Å². The summed E-state index contributed by atoms with van der Waals surface area (Å²) in [5, 5.41) is 2.61. The zero-order chi connectivity index (χ0) is 15.6. The highest BCUT2D eigenvalue weighted by atomic mass is 19.4. The van der Waals surface area contributed by atoms with Crippen molar-refractivity contribution in [3.05, 3.63) is 35.5 Å². The van der Waals surface area contributed by atoms with Crippen LogP contribution in [0, 0.1) is 6.92 Å². The van der Waals surface area contributed by atoms with E-state index in [1.807, 2.05) is 0 Å². The maximum Gasteiger partial charge on any atom is 0.451 e. The Morgan fingerprint density at radius 1 is 1.33 bits per heavy atom. The van der Waals surface area contributed by atoms with Crippen LogP contribution in [0.1, 0.15) is 17.1 Å². The second-order valence-corrected chi connectivity index (χ2v) is 4.54. The van der Waals surface area contributed by atoms with Gasteiger partial charge in [0.2, 0.25) is 5.82 Å². The van der Waals surface area contributed by atoms with Crippen LogP contribution in [0.2, 0.25) is 0 Å². The van der Waals surface area contributed by atoms with Gasteiger partial charge in [-0.2, -0.15) is 13.2 Å². The van der Waals surface area contributed by atoms with Gasteiger partial charge >= 0.3 is 6.18 Å². The minimum Gasteiger partial charge on any atom is -0.469 e. The third kappa shape index (κ3) is 3.45. The summed E-state index contributed by atoms with van der Waals surface area (Å²) in [4.78, 5) is 8.62. The first kappa shape index (κ1) is 15.1. The molecule has 2 aromatic rings. The maximum absolute atomic E-state index is 12.8. The lowest BCUT2D eigenvalue weighted by molar-refractivity contribution is -0.144. The van der Waals surface area contributed by atoms with E-state index in [-0.39, 0.29) is 11.6 Å². The van der Waals surface area contributed by atoms with Crippen molar-refractivity contribution in [1.82, 2.24) is 9.97 Å². The summed E-state index contributed by atoms with van der Waals surface area (Å²) in [7, 11) is 3.17. The molecule has 0 aromatic carbocycles. The minimum atomic E-state index is -4.59. The molecule has 0 spiro atoms. The molecular weight excluding hydrogens is 285 g/mol. The number of nitrogens with zero attached hydrogens (tertiary/aromatic N) is 3. The Hall–Kier alpha value is -2.25. The van der Waals surface area contributed by atoms with Crippen LogP contribution < -0.4 is 10.2 Å². The normalized spacial score (nSPS) is 11.5. The van der Waals surface area contributed by atoms with Gasteiger partial charge in [-0.25, -0.2) is 9.97 Å². The van der Waals surface area contributed by atoms with Crippen molar-refractivity contribution in [3.63, 3.8) is 0 Å². The molecule has 0 radical (unpaired) electrons. The standard InChI is InChI=1S/C13H15F3N4O/c1-8-9(4-5-21-8)7-20(3)11-6-10(17-2)18-12(19-11)13(14,15)16/h4-6H,7H2,1-3H3,(H,17,18,19). The molecule has 0 unspecified atom stereocenters. The van der Waals surface area contributed by atoms with Crippen LogP contribution in [0.4, 0.5) is 24.8 Å². The quantitative estimate of drug-likeness (QED) is 0.940. The number of aromatic nitrogens is 2. The van der Waals surface area contributed by atoms with Crippen molar-refractivity contribution in [3.8, 4) is 0 Å². The highest BCUT2D eigenvalue weighted by Crippen LogP contribution is 2.29. The van der Waals surface area contributed by atoms with Gasteiger partial charge in [-0.15, -0.1) is 0 Å². The van der Waals surface area contributed by atoms with E-state index in [2.05, 4.69) is 15.3 Å². The van der Waals surface area contributed by atoms with Gasteiger partial charge in [0.25, 0.3) is 0 Å². The Balaban J connectivity index is 2.32. The van der Waals surface area contributed by atoms with Crippen LogP contribution in [-0.2, 0) is 12.7 Å². The molecule has 114 valence electrons. The molecule has 5 nitrogen and oxygen atoms in total. The molecule has 0 amide bonds. The molecule has 2 aromatic heterocycles. The lowest BCUT2D eigenvalue weighted by Gasteiger charge is -2.19. The summed E-state index contributed by atoms with van der Waals surface area (Å²) in [6.45, 7) is 2.18. The number of rotatable bonds is 4. The average Bonchev–Trinajstić information content (AvgIpc) is 2.82. The average molecular weight is 300 g/mol. The first-order valence-corrected chi connectivity index (χ1v) is 6.19. The largest absolute Gasteiger partial charge is 0.469 e. The van der Waals surface area contributed by atoms with E-state index in [4.69, 9.17) is 4.42 Å². The van der Waals surface area contributed by atoms with Gasteiger partial charge in [-0.3, -0.25) is 0 Å². The number of aryl methyl sites for hydroxylation is 1. The van der Waals surface area contributed by atoms with Gasteiger partial charge in [-0.1, -0.05) is 0 Å². The van der Waals surface area contributed by atoms with Gasteiger partial charge in [-0.05, 0) is 13.0 Å². The molecule has 0 saturated carbocycles. The lowest BCUT2D eigenvalue weighted by Crippen LogP contribution is -2.21. The molecule has 0 aliphatic rings. The summed E-state index contributed by atoms with van der Waals surface area (Å²) < 4.78 is 43.6. The molecule has 0 atom stereocenters. The first-order valence-electron chi connectivity index (χ1n) is 6.19. The fraction of sp³-hybridized carbons (Fsp3) is 0.385. The molecule has 0 aliphatic heterocycles. The predicted molar refractivity (Wildman–Crippen MR) is 72.1 cm³/mol. The van der Waals surface area contributed by atoms with Crippen LogP contribution in [0.3, 0.4) is 0 Å². The van der Waals surface area contributed by atoms with Crippen molar-refractivity contribution < 1.29 is 17.6 Å². The summed E-state index contributed by atoms with van der Waals surface area (Å²) in [6, 6.07) is 3.24. The minimum absolute atomic E-state index is 0.114. The Morgan fingerprint density at radius 3 is 2.57 bits per heavy atom. The SMILES string of the molecule is CNc1cc(N(C)Cc2ccoc2C)nc(C(F)(F)F)n1. The number of alkyl halides is 3. The lowest BCUT2D eigenvalue weighted by atomic mass is 10.2. The molecule has 0 bridgehead atoms. The number of hydrogen-bond donors (Lipinski definition) is 1. The van der Waals surface area contributed by atoms with E-state index in [1.54, 1.807) is 31.2 Å². The fourth-order valence-electron chi connectivity index (χ4n) is 1.80. The first-order chi connectivity index (χ1) is 9.81. The van der Waals surface area contributed by atoms with Gasteiger partial charge < -0.3 is 14.6 Å². The van der Waals surface area contributed by atoms with E-state index in [0.29, 0.717) is 6.54 Å². The third-order valence-electron chi connectivity index (χ3n) is 2.99. The van der Waals surface area contributed by atoms with E-state index in [1.165, 1.54) is 13.1 Å². The van der Waals surface area contributed by atoms with Crippen molar-refractivity contribution >= 4 is 11.6 Å². The Bertz CT molecular complexity index is 624. The van der Waals surface area contributed by atoms with Gasteiger partial charge in [0.1, 0.15) is 17.4 Å². The smallest absolute Gasteiger partial charge is 0.451 e. The Kier molecular flexibility index (Phi) is 4.06. The Morgan fingerprint density at radius 2 is 2.05 bits per heavy atom. The summed E-state index contributed by atoms with van der Waals surface area (Å²) in [6.07, 6.45) is -3.05. The number of furan rings is 1. The fourth-order valence-corrected chi connectivity index (χ4v) is 1.80. The van der Waals surface area contributed by atoms with Gasteiger partial charge in [0, 0.05) is 32.3 Å². The topological polar surface area (TPSA) is 54.2 Å². The van der Waals surface area contributed by atoms with Crippen LogP contribution in [0.5, 0.6) is 0 Å². The number of nitrogens with one attached hydrogen (secondary N) is 1. The molecule has 0 saturated heterocycles. The second kappa shape index (κ2) is 5.63. The van der Waals surface area contributed by atoms with Gasteiger partial charge in [0.05, 0.1) is 6.26 Å². The maximum atomic E-state index is 12.8. The molecule has 8 heteroatoms. The van der Waals surface area contributed by atoms with Crippen molar-refractivity contribution in [2.24, 2.45) is 0 Å². The highest BCUT2D eigenvalue weighted by molar-refractivity contribution is 5.49. The van der Waals surface area contributed by atoms with Crippen LogP contribution >= 0.6 is 0 Å². The van der Waals surface area contributed by atoms with Crippen LogP contribution in [-0.4, -0.2) is 24.1 Å². The van der Waals surface area contributed by atoms with Crippen LogP contribution in [0.15, 0.2) is 22.8 Å². The molecule has 1 N–H and O–H groups in total. The van der Waals surface area contributed by atoms with E-state index >= 15 is 0 Å². The van der Waals surface area contributed by atoms with Gasteiger partial charge in [0.15, 0.2) is 0 Å². The molecular formula is C13H15F3N4O. The summed E-state index contributed by atoms with van der Waals surface area (Å²) >= 11 is 0. The van der Waals surface area contributed by atoms with Crippen molar-refractivity contribution in [2.75, 3.05) is 24.3 Å². The predicted octanol–water partition coefficient (Wildman–Crippen LogP) is 3.07. The molecule has 0 aliphatic carbocycles. The Labute approximate surface area is 119 Å². The molecule has 2 rings (SSSR count). The number of anilines is 2. The van der Waals surface area contributed by atoms with E-state index < -0.39 is 12.0 Å². The zero-order valence-corrected chi connectivity index (χ0v) is 11.8. The number of halogens is 3. The molecule has 21 heavy (non-hydrogen) atoms. The molecule has 0 fully saturated rings. The monoisotopic (exact) mass is 300 g/mol. The number of hydrogen-bond acceptors (Lipinski definition) is 5. The van der Waals surface area contributed by atoms with E-state index in [9.17, 15) is 13.2 Å². The molecule has 2 heterocycles. The second-order valence-electron chi connectivity index (χ2n) is 4.54. The summed E-state index contributed by atoms with van der Waals surface area (Å²) in [5.74, 6) is -0.147. The highest BCUT2D eigenvalue weighted by Gasteiger charge is 2.35.